The van der Waals surface area contributed by atoms with Crippen LogP contribution in [0.15, 0.2) is 6.07 Å². The van der Waals surface area contributed by atoms with E-state index in [0.717, 1.165) is 0 Å². The number of benzene rings is 1. The number of rotatable bonds is 3. The molecule has 1 saturated carbocycles. The number of hydrogen-bond donors (Lipinski definition) is 2. The van der Waals surface area contributed by atoms with E-state index in [0.29, 0.717) is 56.3 Å². The van der Waals surface area contributed by atoms with Crippen molar-refractivity contribution in [1.29, 1.82) is 0 Å². The van der Waals surface area contributed by atoms with Crippen LogP contribution in [0, 0.1) is 17.0 Å². The van der Waals surface area contributed by atoms with Gasteiger partial charge in [-0.25, -0.2) is 13.6 Å². The zero-order valence-corrected chi connectivity index (χ0v) is 20.2. The molecule has 2 heterocycles. The molecule has 4 rings (SSSR count). The Morgan fingerprint density at radius 2 is 1.85 bits per heavy atom. The Morgan fingerprint density at radius 1 is 1.18 bits per heavy atom. The predicted molar refractivity (Wildman–Crippen MR) is 123 cm³/mol. The molecule has 2 N–H and O–H groups in total. The maximum Gasteiger partial charge on any atom is 0.407 e. The van der Waals surface area contributed by atoms with E-state index in [-0.39, 0.29) is 29.2 Å². The second-order valence-electron chi connectivity index (χ2n) is 10.7. The summed E-state index contributed by atoms with van der Waals surface area (Å²) in [5, 5.41) is 5.32. The Morgan fingerprint density at radius 3 is 2.44 bits per heavy atom. The lowest BCUT2D eigenvalue weighted by atomic mass is 9.62. The lowest BCUT2D eigenvalue weighted by Crippen LogP contribution is -2.58. The molecular formula is C25H33F2N3O4. The van der Waals surface area contributed by atoms with Crippen LogP contribution >= 0.6 is 0 Å². The number of anilines is 1. The number of nitrogens with zero attached hydrogens (tertiary/aromatic N) is 1. The van der Waals surface area contributed by atoms with E-state index in [1.807, 2.05) is 20.8 Å². The molecule has 7 nitrogen and oxygen atoms in total. The average molecular weight is 478 g/mol. The highest BCUT2D eigenvalue weighted by Gasteiger charge is 2.47. The Labute approximate surface area is 198 Å². The quantitative estimate of drug-likeness (QED) is 0.644. The Balaban J connectivity index is 1.58. The van der Waals surface area contributed by atoms with Gasteiger partial charge in [-0.2, -0.15) is 0 Å². The largest absolute Gasteiger partial charge is 0.453 e. The molecule has 0 radical (unpaired) electrons. The molecular weight excluding hydrogens is 444 g/mol. The summed E-state index contributed by atoms with van der Waals surface area (Å²) in [6.45, 7) is 6.54. The maximum absolute atomic E-state index is 15.7. The van der Waals surface area contributed by atoms with Crippen LogP contribution in [0.2, 0.25) is 0 Å². The lowest BCUT2D eigenvalue weighted by Gasteiger charge is -2.49. The predicted octanol–water partition coefficient (Wildman–Crippen LogP) is 3.93. The topological polar surface area (TPSA) is 87.7 Å². The summed E-state index contributed by atoms with van der Waals surface area (Å²) < 4.78 is 35.9. The summed E-state index contributed by atoms with van der Waals surface area (Å²) in [4.78, 5) is 37.6. The van der Waals surface area contributed by atoms with Crippen LogP contribution in [0.25, 0.3) is 0 Å². The van der Waals surface area contributed by atoms with Crippen molar-refractivity contribution in [3.05, 3.63) is 28.8 Å². The van der Waals surface area contributed by atoms with Crippen molar-refractivity contribution in [3.63, 3.8) is 0 Å². The van der Waals surface area contributed by atoms with Crippen LogP contribution in [0.3, 0.4) is 0 Å². The number of fused-ring (bicyclic) bond motifs is 1. The van der Waals surface area contributed by atoms with Gasteiger partial charge in [0.25, 0.3) is 0 Å². The van der Waals surface area contributed by atoms with Gasteiger partial charge in [0.2, 0.25) is 11.8 Å². The summed E-state index contributed by atoms with van der Waals surface area (Å²) in [7, 11) is 1.32. The second-order valence-corrected chi connectivity index (χ2v) is 10.7. The number of alkyl carbamates (subject to hydrolysis) is 1. The Hall–Kier alpha value is -2.71. The van der Waals surface area contributed by atoms with Gasteiger partial charge < -0.3 is 15.0 Å². The van der Waals surface area contributed by atoms with Crippen LogP contribution in [-0.2, 0) is 20.7 Å². The van der Waals surface area contributed by atoms with Crippen LogP contribution < -0.4 is 15.5 Å². The minimum absolute atomic E-state index is 0.101. The second kappa shape index (κ2) is 8.82. The monoisotopic (exact) mass is 477 g/mol. The van der Waals surface area contributed by atoms with Gasteiger partial charge in [0.15, 0.2) is 0 Å². The SMILES string of the molecule is COC(=O)NC1(C(C)(C)C)CCC(c2c(F)cc3c(c2F)CCN3[C@H]2CCC(=O)NC2=O)CC1. The van der Waals surface area contributed by atoms with Gasteiger partial charge in [0.05, 0.1) is 7.11 Å². The molecule has 0 aromatic heterocycles. The highest BCUT2D eigenvalue weighted by Crippen LogP contribution is 2.48. The first-order valence-corrected chi connectivity index (χ1v) is 11.9. The summed E-state index contributed by atoms with van der Waals surface area (Å²) in [6.07, 6.45) is 2.65. The first-order valence-electron chi connectivity index (χ1n) is 11.9. The zero-order chi connectivity index (χ0) is 24.8. The third-order valence-corrected chi connectivity index (χ3v) is 8.04. The molecule has 3 amide bonds. The van der Waals surface area contributed by atoms with E-state index >= 15 is 8.78 Å². The first kappa shape index (κ1) is 24.4. The fraction of sp³-hybridized carbons (Fsp3) is 0.640. The molecule has 3 aliphatic rings. The van der Waals surface area contributed by atoms with Crippen LogP contribution in [0.1, 0.15) is 76.3 Å². The molecule has 2 fully saturated rings. The highest BCUT2D eigenvalue weighted by molar-refractivity contribution is 6.02. The van der Waals surface area contributed by atoms with E-state index in [1.54, 1.807) is 4.90 Å². The molecule has 9 heteroatoms. The number of halogens is 2. The van der Waals surface area contributed by atoms with Gasteiger partial charge in [-0.3, -0.25) is 14.9 Å². The molecule has 1 atom stereocenters. The number of piperidine rings is 1. The van der Waals surface area contributed by atoms with Crippen molar-refractivity contribution in [2.75, 3.05) is 18.6 Å². The third kappa shape index (κ3) is 4.14. The van der Waals surface area contributed by atoms with Gasteiger partial charge >= 0.3 is 6.09 Å². The molecule has 1 aromatic rings. The summed E-state index contributed by atoms with van der Waals surface area (Å²) in [6, 6.07) is 0.748. The average Bonchev–Trinajstić information content (AvgIpc) is 3.17. The fourth-order valence-corrected chi connectivity index (χ4v) is 5.90. The lowest BCUT2D eigenvalue weighted by molar-refractivity contribution is -0.134. The van der Waals surface area contributed by atoms with E-state index in [2.05, 4.69) is 10.6 Å². The van der Waals surface area contributed by atoms with Crippen LogP contribution in [-0.4, -0.2) is 43.1 Å². The molecule has 186 valence electrons. The number of nitrogens with one attached hydrogen (secondary N) is 2. The zero-order valence-electron chi connectivity index (χ0n) is 20.2. The van der Waals surface area contributed by atoms with Gasteiger partial charge in [0.1, 0.15) is 17.7 Å². The van der Waals surface area contributed by atoms with Gasteiger partial charge in [0, 0.05) is 35.3 Å². The number of carbonyl (C=O) groups excluding carboxylic acids is 3. The maximum atomic E-state index is 15.7. The summed E-state index contributed by atoms with van der Waals surface area (Å²) in [5.74, 6) is -2.18. The Bertz CT molecular complexity index is 1010. The fourth-order valence-electron chi connectivity index (χ4n) is 5.90. The van der Waals surface area contributed by atoms with Gasteiger partial charge in [-0.05, 0) is 55.9 Å². The minimum Gasteiger partial charge on any atom is -0.453 e. The van der Waals surface area contributed by atoms with Crippen molar-refractivity contribution in [2.24, 2.45) is 5.41 Å². The highest BCUT2D eigenvalue weighted by atomic mass is 19.1. The number of imide groups is 1. The van der Waals surface area contributed by atoms with Crippen molar-refractivity contribution >= 4 is 23.6 Å². The number of carbonyl (C=O) groups is 3. The van der Waals surface area contributed by atoms with E-state index < -0.39 is 35.2 Å². The molecule has 0 unspecified atom stereocenters. The summed E-state index contributed by atoms with van der Waals surface area (Å²) in [5.41, 5.74) is 0.151. The normalized spacial score (nSPS) is 27.3. The van der Waals surface area contributed by atoms with Crippen molar-refractivity contribution in [3.8, 4) is 0 Å². The smallest absolute Gasteiger partial charge is 0.407 e. The number of methoxy groups -OCH3 is 1. The minimum atomic E-state index is -0.607. The molecule has 34 heavy (non-hydrogen) atoms. The van der Waals surface area contributed by atoms with E-state index in [1.165, 1.54) is 13.2 Å². The number of hydrogen-bond acceptors (Lipinski definition) is 5. The Kier molecular flexibility index (Phi) is 6.33. The van der Waals surface area contributed by atoms with Gasteiger partial charge in [-0.15, -0.1) is 0 Å². The van der Waals surface area contributed by atoms with E-state index in [4.69, 9.17) is 4.74 Å². The van der Waals surface area contributed by atoms with Crippen molar-refractivity contribution in [2.45, 2.75) is 83.2 Å². The molecule has 0 spiro atoms. The number of ether oxygens (including phenoxy) is 1. The number of amides is 3. The molecule has 1 aromatic carbocycles. The molecule has 1 aliphatic carbocycles. The molecule has 2 aliphatic heterocycles. The standard InChI is InChI=1S/C25H33F2N3O4/c1-24(2,3)25(29-23(33)34-4)10-7-14(8-11-25)20-16(26)13-18-15(21(20)27)9-12-30(18)17-5-6-19(31)28-22(17)32/h13-14,17H,5-12H2,1-4H3,(H,29,33)(H,28,31,32)/t14?,17-,25?/m0/s1. The van der Waals surface area contributed by atoms with E-state index in [9.17, 15) is 14.4 Å². The van der Waals surface area contributed by atoms with Crippen LogP contribution in [0.5, 0.6) is 0 Å². The van der Waals surface area contributed by atoms with Crippen LogP contribution in [0.4, 0.5) is 19.3 Å². The molecule has 0 bridgehead atoms. The van der Waals surface area contributed by atoms with Crippen molar-refractivity contribution in [1.82, 2.24) is 10.6 Å². The molecule has 1 saturated heterocycles. The summed E-state index contributed by atoms with van der Waals surface area (Å²) >= 11 is 0. The first-order chi connectivity index (χ1) is 16.0. The third-order valence-electron chi connectivity index (χ3n) is 8.04. The van der Waals surface area contributed by atoms with Gasteiger partial charge in [-0.1, -0.05) is 20.8 Å². The van der Waals surface area contributed by atoms with Crippen molar-refractivity contribution < 1.29 is 27.9 Å².